The van der Waals surface area contributed by atoms with E-state index in [4.69, 9.17) is 0 Å². The van der Waals surface area contributed by atoms with Gasteiger partial charge in [0, 0.05) is 13.1 Å². The van der Waals surface area contributed by atoms with Gasteiger partial charge in [0.2, 0.25) is 0 Å². The molecule has 0 saturated heterocycles. The van der Waals surface area contributed by atoms with Gasteiger partial charge in [-0.15, -0.1) is 0 Å². The van der Waals surface area contributed by atoms with Crippen molar-refractivity contribution in [1.82, 2.24) is 14.9 Å². The third-order valence-electron chi connectivity index (χ3n) is 3.28. The number of para-hydroxylation sites is 2. The minimum atomic E-state index is 0.861. The van der Waals surface area contributed by atoms with Crippen LogP contribution in [0.25, 0.3) is 11.0 Å². The lowest BCUT2D eigenvalue weighted by atomic mass is 10.1. The number of rotatable bonds is 4. The zero-order chi connectivity index (χ0) is 13.1. The van der Waals surface area contributed by atoms with Crippen LogP contribution in [0, 0.1) is 0 Å². The van der Waals surface area contributed by atoms with Gasteiger partial charge in [-0.25, -0.2) is 4.98 Å². The first-order chi connectivity index (χ1) is 9.36. The van der Waals surface area contributed by atoms with Crippen LogP contribution in [0.3, 0.4) is 0 Å². The van der Waals surface area contributed by atoms with E-state index >= 15 is 0 Å². The number of aromatic nitrogens is 2. The van der Waals surface area contributed by atoms with E-state index in [-0.39, 0.29) is 0 Å². The van der Waals surface area contributed by atoms with Gasteiger partial charge in [-0.2, -0.15) is 0 Å². The average Bonchev–Trinajstić information content (AvgIpc) is 2.85. The Bertz CT molecular complexity index is 668. The molecular formula is C16H17N3. The normalized spacial score (nSPS) is 11.0. The van der Waals surface area contributed by atoms with Gasteiger partial charge in [-0.3, -0.25) is 0 Å². The molecule has 3 heteroatoms. The summed E-state index contributed by atoms with van der Waals surface area (Å²) in [5.74, 6) is 0. The highest BCUT2D eigenvalue weighted by Crippen LogP contribution is 2.14. The van der Waals surface area contributed by atoms with E-state index in [0.717, 1.165) is 18.6 Å². The van der Waals surface area contributed by atoms with Crippen LogP contribution < -0.4 is 5.32 Å². The molecule has 3 aromatic rings. The molecule has 0 unspecified atom stereocenters. The van der Waals surface area contributed by atoms with Crippen LogP contribution in [0.4, 0.5) is 0 Å². The van der Waals surface area contributed by atoms with Gasteiger partial charge in [-0.05, 0) is 30.3 Å². The number of benzene rings is 2. The van der Waals surface area contributed by atoms with Gasteiger partial charge in [-0.1, -0.05) is 36.4 Å². The highest BCUT2D eigenvalue weighted by molar-refractivity contribution is 5.75. The molecule has 96 valence electrons. The molecule has 0 amide bonds. The Labute approximate surface area is 112 Å². The summed E-state index contributed by atoms with van der Waals surface area (Å²) < 4.78 is 2.18. The maximum Gasteiger partial charge on any atom is 0.0961 e. The number of nitrogens with zero attached hydrogens (tertiary/aromatic N) is 2. The van der Waals surface area contributed by atoms with Gasteiger partial charge in [0.25, 0.3) is 0 Å². The second-order valence-electron chi connectivity index (χ2n) is 4.71. The zero-order valence-corrected chi connectivity index (χ0v) is 11.0. The first-order valence-electron chi connectivity index (χ1n) is 6.49. The Morgan fingerprint density at radius 2 is 1.74 bits per heavy atom. The predicted molar refractivity (Wildman–Crippen MR) is 78.0 cm³/mol. The first-order valence-corrected chi connectivity index (χ1v) is 6.49. The predicted octanol–water partition coefficient (Wildman–Crippen LogP) is 2.80. The monoisotopic (exact) mass is 251 g/mol. The summed E-state index contributed by atoms with van der Waals surface area (Å²) in [6.07, 6.45) is 1.91. The molecule has 0 radical (unpaired) electrons. The molecule has 0 aliphatic carbocycles. The van der Waals surface area contributed by atoms with E-state index in [0.29, 0.717) is 0 Å². The quantitative estimate of drug-likeness (QED) is 0.772. The van der Waals surface area contributed by atoms with E-state index < -0.39 is 0 Å². The van der Waals surface area contributed by atoms with Gasteiger partial charge < -0.3 is 9.88 Å². The van der Waals surface area contributed by atoms with Crippen LogP contribution in [0.5, 0.6) is 0 Å². The summed E-state index contributed by atoms with van der Waals surface area (Å²) in [5.41, 5.74) is 4.83. The first kappa shape index (κ1) is 11.9. The highest BCUT2D eigenvalue weighted by Gasteiger charge is 2.02. The van der Waals surface area contributed by atoms with Crippen molar-refractivity contribution in [1.29, 1.82) is 0 Å². The van der Waals surface area contributed by atoms with E-state index in [1.165, 1.54) is 16.6 Å². The topological polar surface area (TPSA) is 29.9 Å². The summed E-state index contributed by atoms with van der Waals surface area (Å²) in [6, 6.07) is 16.9. The van der Waals surface area contributed by atoms with Crippen molar-refractivity contribution >= 4 is 11.0 Å². The van der Waals surface area contributed by atoms with Gasteiger partial charge in [0.05, 0.1) is 17.4 Å². The second kappa shape index (κ2) is 5.24. The molecule has 19 heavy (non-hydrogen) atoms. The molecule has 3 rings (SSSR count). The standard InChI is InChI=1S/C16H17N3/c1-17-10-13-6-8-14(9-7-13)11-19-12-18-15-4-2-3-5-16(15)19/h2-9,12,17H,10-11H2,1H3. The zero-order valence-electron chi connectivity index (χ0n) is 11.0. The van der Waals surface area contributed by atoms with Gasteiger partial charge in [0.1, 0.15) is 0 Å². The number of imidazole rings is 1. The second-order valence-corrected chi connectivity index (χ2v) is 4.71. The molecule has 0 aliphatic rings. The molecule has 0 aliphatic heterocycles. The van der Waals surface area contributed by atoms with Crippen molar-refractivity contribution in [2.75, 3.05) is 7.05 Å². The third kappa shape index (κ3) is 2.51. The van der Waals surface area contributed by atoms with Crippen LogP contribution in [0.2, 0.25) is 0 Å². The van der Waals surface area contributed by atoms with Crippen LogP contribution in [0.1, 0.15) is 11.1 Å². The van der Waals surface area contributed by atoms with Crippen LogP contribution in [-0.2, 0) is 13.1 Å². The number of hydrogen-bond acceptors (Lipinski definition) is 2. The Morgan fingerprint density at radius 3 is 2.53 bits per heavy atom. The lowest BCUT2D eigenvalue weighted by molar-refractivity contribution is 0.807. The molecule has 0 fully saturated rings. The summed E-state index contributed by atoms with van der Waals surface area (Å²) in [5, 5.41) is 3.16. The Kier molecular flexibility index (Phi) is 3.29. The molecular weight excluding hydrogens is 234 g/mol. The molecule has 0 bridgehead atoms. The van der Waals surface area contributed by atoms with Crippen molar-refractivity contribution in [3.63, 3.8) is 0 Å². The van der Waals surface area contributed by atoms with E-state index in [1.807, 2.05) is 25.5 Å². The fraction of sp³-hybridized carbons (Fsp3) is 0.188. The molecule has 0 saturated carbocycles. The number of nitrogens with one attached hydrogen (secondary N) is 1. The van der Waals surface area contributed by atoms with Crippen molar-refractivity contribution < 1.29 is 0 Å². The average molecular weight is 251 g/mol. The fourth-order valence-corrected chi connectivity index (χ4v) is 2.30. The van der Waals surface area contributed by atoms with E-state index in [1.54, 1.807) is 0 Å². The molecule has 3 nitrogen and oxygen atoms in total. The van der Waals surface area contributed by atoms with E-state index in [9.17, 15) is 0 Å². The fourth-order valence-electron chi connectivity index (χ4n) is 2.30. The number of fused-ring (bicyclic) bond motifs is 1. The maximum absolute atomic E-state index is 4.41. The lowest BCUT2D eigenvalue weighted by Crippen LogP contribution is -2.05. The molecule has 0 atom stereocenters. The van der Waals surface area contributed by atoms with Crippen molar-refractivity contribution in [3.05, 3.63) is 66.0 Å². The summed E-state index contributed by atoms with van der Waals surface area (Å²) in [4.78, 5) is 4.41. The molecule has 1 N–H and O–H groups in total. The molecule has 0 spiro atoms. The molecule has 1 heterocycles. The largest absolute Gasteiger partial charge is 0.326 e. The van der Waals surface area contributed by atoms with Crippen molar-refractivity contribution in [2.45, 2.75) is 13.1 Å². The molecule has 2 aromatic carbocycles. The Morgan fingerprint density at radius 1 is 1.00 bits per heavy atom. The van der Waals surface area contributed by atoms with Crippen LogP contribution in [-0.4, -0.2) is 16.6 Å². The third-order valence-corrected chi connectivity index (χ3v) is 3.28. The Balaban J connectivity index is 1.84. The molecule has 1 aromatic heterocycles. The van der Waals surface area contributed by atoms with Gasteiger partial charge in [0.15, 0.2) is 0 Å². The summed E-state index contributed by atoms with van der Waals surface area (Å²) in [6.45, 7) is 1.77. The smallest absolute Gasteiger partial charge is 0.0961 e. The summed E-state index contributed by atoms with van der Waals surface area (Å²) in [7, 11) is 1.96. The van der Waals surface area contributed by atoms with E-state index in [2.05, 4.69) is 51.3 Å². The lowest BCUT2D eigenvalue weighted by Gasteiger charge is -2.06. The minimum absolute atomic E-state index is 0.861. The SMILES string of the molecule is CNCc1ccc(Cn2cnc3ccccc32)cc1. The number of hydrogen-bond donors (Lipinski definition) is 1. The van der Waals surface area contributed by atoms with Crippen LogP contribution in [0.15, 0.2) is 54.9 Å². The van der Waals surface area contributed by atoms with Crippen molar-refractivity contribution in [2.24, 2.45) is 0 Å². The van der Waals surface area contributed by atoms with Gasteiger partial charge >= 0.3 is 0 Å². The highest BCUT2D eigenvalue weighted by atomic mass is 15.0. The Hall–Kier alpha value is -2.13. The minimum Gasteiger partial charge on any atom is -0.326 e. The van der Waals surface area contributed by atoms with Crippen LogP contribution >= 0.6 is 0 Å². The van der Waals surface area contributed by atoms with Crippen molar-refractivity contribution in [3.8, 4) is 0 Å². The maximum atomic E-state index is 4.41. The summed E-state index contributed by atoms with van der Waals surface area (Å²) >= 11 is 0.